The summed E-state index contributed by atoms with van der Waals surface area (Å²) in [7, 11) is 0. The molecule has 98 valence electrons. The van der Waals surface area contributed by atoms with Gasteiger partial charge in [-0.25, -0.2) is 0 Å². The summed E-state index contributed by atoms with van der Waals surface area (Å²) >= 11 is 0. The van der Waals surface area contributed by atoms with Crippen LogP contribution in [0, 0.1) is 12.8 Å². The first-order valence-electron chi connectivity index (χ1n) is 6.89. The van der Waals surface area contributed by atoms with Gasteiger partial charge >= 0.3 is 0 Å². The highest BCUT2D eigenvalue weighted by molar-refractivity contribution is 5.86. The van der Waals surface area contributed by atoms with E-state index in [1.165, 1.54) is 27.7 Å². The third-order valence-corrected chi connectivity index (χ3v) is 3.94. The molecule has 0 radical (unpaired) electrons. The van der Waals surface area contributed by atoms with E-state index in [-0.39, 0.29) is 0 Å². The van der Waals surface area contributed by atoms with E-state index in [4.69, 9.17) is 5.73 Å². The lowest BCUT2D eigenvalue weighted by Crippen LogP contribution is -2.18. The Hall–Kier alpha value is -1.28. The Balaban J connectivity index is 2.64. The van der Waals surface area contributed by atoms with E-state index in [0.717, 1.165) is 6.42 Å². The molecule has 0 saturated carbocycles. The Kier molecular flexibility index (Phi) is 3.76. The summed E-state index contributed by atoms with van der Waals surface area (Å²) in [6.07, 6.45) is 1.08. The number of hydrogen-bond acceptors (Lipinski definition) is 1. The van der Waals surface area contributed by atoms with E-state index in [9.17, 15) is 0 Å². The van der Waals surface area contributed by atoms with Gasteiger partial charge in [-0.3, -0.25) is 0 Å². The fraction of sp³-hybridized carbons (Fsp3) is 0.500. The van der Waals surface area contributed by atoms with E-state index < -0.39 is 0 Å². The summed E-state index contributed by atoms with van der Waals surface area (Å²) < 4.78 is 0. The Morgan fingerprint density at radius 2 is 2.00 bits per heavy atom. The Bertz CT molecular complexity index is 537. The van der Waals surface area contributed by atoms with Gasteiger partial charge in [-0.1, -0.05) is 26.8 Å². The number of H-pyrrole nitrogens is 1. The summed E-state index contributed by atoms with van der Waals surface area (Å²) in [6.45, 7) is 9.57. The van der Waals surface area contributed by atoms with Gasteiger partial charge in [0.05, 0.1) is 0 Å². The van der Waals surface area contributed by atoms with E-state index >= 15 is 0 Å². The predicted octanol–water partition coefficient (Wildman–Crippen LogP) is 3.74. The fourth-order valence-electron chi connectivity index (χ4n) is 2.82. The monoisotopic (exact) mass is 244 g/mol. The van der Waals surface area contributed by atoms with Crippen LogP contribution in [0.4, 0.5) is 0 Å². The van der Waals surface area contributed by atoms with Gasteiger partial charge < -0.3 is 10.7 Å². The number of nitrogens with one attached hydrogen (secondary N) is 1. The smallest absolute Gasteiger partial charge is 0.0459 e. The number of benzene rings is 1. The van der Waals surface area contributed by atoms with E-state index in [2.05, 4.69) is 50.9 Å². The molecule has 2 heteroatoms. The van der Waals surface area contributed by atoms with Gasteiger partial charge in [0.2, 0.25) is 0 Å². The minimum absolute atomic E-state index is 0.436. The summed E-state index contributed by atoms with van der Waals surface area (Å²) in [4.78, 5) is 3.49. The first-order chi connectivity index (χ1) is 8.58. The summed E-state index contributed by atoms with van der Waals surface area (Å²) in [5.41, 5.74) is 11.3. The lowest BCUT2D eigenvalue weighted by Gasteiger charge is -2.19. The van der Waals surface area contributed by atoms with Crippen molar-refractivity contribution in [3.8, 4) is 0 Å². The number of aryl methyl sites for hydroxylation is 2. The first kappa shape index (κ1) is 13.2. The fourth-order valence-corrected chi connectivity index (χ4v) is 2.82. The van der Waals surface area contributed by atoms with Crippen molar-refractivity contribution in [2.45, 2.75) is 40.0 Å². The number of hydrogen-bond donors (Lipinski definition) is 2. The highest BCUT2D eigenvalue weighted by Crippen LogP contribution is 2.33. The van der Waals surface area contributed by atoms with Crippen LogP contribution in [0.25, 0.3) is 10.9 Å². The van der Waals surface area contributed by atoms with E-state index in [1.807, 2.05) is 0 Å². The van der Waals surface area contributed by atoms with E-state index in [0.29, 0.717) is 18.4 Å². The van der Waals surface area contributed by atoms with Crippen LogP contribution in [0.15, 0.2) is 18.2 Å². The van der Waals surface area contributed by atoms with Crippen LogP contribution in [0.2, 0.25) is 0 Å². The maximum absolute atomic E-state index is 5.98. The van der Waals surface area contributed by atoms with Crippen LogP contribution in [0.5, 0.6) is 0 Å². The molecule has 1 atom stereocenters. The third kappa shape index (κ3) is 2.17. The second-order valence-electron chi connectivity index (χ2n) is 5.48. The lowest BCUT2D eigenvalue weighted by atomic mass is 9.86. The van der Waals surface area contributed by atoms with Gasteiger partial charge in [0.15, 0.2) is 0 Å². The molecule has 1 aromatic heterocycles. The van der Waals surface area contributed by atoms with Gasteiger partial charge in [0, 0.05) is 22.5 Å². The zero-order valence-corrected chi connectivity index (χ0v) is 11.9. The second-order valence-corrected chi connectivity index (χ2v) is 5.48. The van der Waals surface area contributed by atoms with Crippen LogP contribution in [0.3, 0.4) is 0 Å². The normalized spacial score (nSPS) is 13.4. The molecule has 1 heterocycles. The molecule has 1 aromatic carbocycles. The van der Waals surface area contributed by atoms with Crippen molar-refractivity contribution in [3.05, 3.63) is 35.0 Å². The Morgan fingerprint density at radius 3 is 2.56 bits per heavy atom. The van der Waals surface area contributed by atoms with Crippen molar-refractivity contribution < 1.29 is 0 Å². The molecule has 3 N–H and O–H groups in total. The Morgan fingerprint density at radius 1 is 1.28 bits per heavy atom. The molecule has 18 heavy (non-hydrogen) atoms. The van der Waals surface area contributed by atoms with Gasteiger partial charge in [-0.2, -0.15) is 0 Å². The minimum Gasteiger partial charge on any atom is -0.358 e. The van der Waals surface area contributed by atoms with Crippen LogP contribution >= 0.6 is 0 Å². The van der Waals surface area contributed by atoms with Crippen LogP contribution < -0.4 is 5.73 Å². The first-order valence-corrected chi connectivity index (χ1v) is 6.89. The van der Waals surface area contributed by atoms with Crippen molar-refractivity contribution in [2.24, 2.45) is 11.7 Å². The zero-order valence-electron chi connectivity index (χ0n) is 11.9. The summed E-state index contributed by atoms with van der Waals surface area (Å²) in [6, 6.07) is 6.71. The number of aromatic nitrogens is 1. The van der Waals surface area contributed by atoms with Gasteiger partial charge in [-0.15, -0.1) is 0 Å². The largest absolute Gasteiger partial charge is 0.358 e. The Labute approximate surface area is 110 Å². The second kappa shape index (κ2) is 5.15. The van der Waals surface area contributed by atoms with Crippen molar-refractivity contribution >= 4 is 10.9 Å². The summed E-state index contributed by atoms with van der Waals surface area (Å²) in [5.74, 6) is 1.00. The number of fused-ring (bicyclic) bond motifs is 1. The van der Waals surface area contributed by atoms with Crippen molar-refractivity contribution in [1.82, 2.24) is 4.98 Å². The average molecular weight is 244 g/mol. The molecule has 0 spiro atoms. The lowest BCUT2D eigenvalue weighted by molar-refractivity contribution is 0.507. The molecular formula is C16H24N2. The highest BCUT2D eigenvalue weighted by atomic mass is 14.7. The topological polar surface area (TPSA) is 41.8 Å². The molecule has 2 rings (SSSR count). The minimum atomic E-state index is 0.436. The number of nitrogens with two attached hydrogens (primary N) is 1. The molecule has 0 saturated heterocycles. The standard InChI is InChI=1S/C16H24N2/c1-5-12-6-7-15-13(8-12)16(11(4)18-15)14(9-17)10(2)3/h6-8,10,14,18H,5,9,17H2,1-4H3. The van der Waals surface area contributed by atoms with Gasteiger partial charge in [0.1, 0.15) is 0 Å². The average Bonchev–Trinajstić information content (AvgIpc) is 2.66. The predicted molar refractivity (Wildman–Crippen MR) is 79.0 cm³/mol. The molecule has 0 fully saturated rings. The zero-order chi connectivity index (χ0) is 13.3. The molecule has 1 unspecified atom stereocenters. The maximum atomic E-state index is 5.98. The van der Waals surface area contributed by atoms with Crippen LogP contribution in [-0.2, 0) is 6.42 Å². The molecular weight excluding hydrogens is 220 g/mol. The summed E-state index contributed by atoms with van der Waals surface area (Å²) in [5, 5.41) is 1.36. The molecule has 2 aromatic rings. The molecule has 0 aliphatic heterocycles. The number of rotatable bonds is 4. The maximum Gasteiger partial charge on any atom is 0.0459 e. The highest BCUT2D eigenvalue weighted by Gasteiger charge is 2.20. The van der Waals surface area contributed by atoms with Crippen molar-refractivity contribution in [3.63, 3.8) is 0 Å². The molecule has 0 aliphatic rings. The van der Waals surface area contributed by atoms with Crippen LogP contribution in [-0.4, -0.2) is 11.5 Å². The molecule has 2 nitrogen and oxygen atoms in total. The molecule has 0 amide bonds. The molecule has 0 aliphatic carbocycles. The van der Waals surface area contributed by atoms with Gasteiger partial charge in [0.25, 0.3) is 0 Å². The van der Waals surface area contributed by atoms with Crippen molar-refractivity contribution in [1.29, 1.82) is 0 Å². The number of aromatic amines is 1. The van der Waals surface area contributed by atoms with Crippen LogP contribution in [0.1, 0.15) is 43.5 Å². The van der Waals surface area contributed by atoms with E-state index in [1.54, 1.807) is 0 Å². The van der Waals surface area contributed by atoms with Crippen molar-refractivity contribution in [2.75, 3.05) is 6.54 Å². The third-order valence-electron chi connectivity index (χ3n) is 3.94. The quantitative estimate of drug-likeness (QED) is 0.845. The molecule has 0 bridgehead atoms. The SMILES string of the molecule is CCc1ccc2[nH]c(C)c(C(CN)C(C)C)c2c1. The van der Waals surface area contributed by atoms with Gasteiger partial charge in [-0.05, 0) is 49.1 Å².